The molecule has 23 heavy (non-hydrogen) atoms. The molecule has 1 aromatic rings. The van der Waals surface area contributed by atoms with Gasteiger partial charge < -0.3 is 16.0 Å². The lowest BCUT2D eigenvalue weighted by Crippen LogP contribution is -2.35. The van der Waals surface area contributed by atoms with Gasteiger partial charge in [0.1, 0.15) is 11.6 Å². The summed E-state index contributed by atoms with van der Waals surface area (Å²) in [5.41, 5.74) is 6.65. The van der Waals surface area contributed by atoms with E-state index in [2.05, 4.69) is 19.2 Å². The highest BCUT2D eigenvalue weighted by Crippen LogP contribution is 2.25. The van der Waals surface area contributed by atoms with Crippen LogP contribution in [0.1, 0.15) is 20.3 Å². The van der Waals surface area contributed by atoms with Crippen molar-refractivity contribution in [2.45, 2.75) is 20.3 Å². The summed E-state index contributed by atoms with van der Waals surface area (Å²) >= 11 is 6.04. The predicted molar refractivity (Wildman–Crippen MR) is 92.7 cm³/mol. The summed E-state index contributed by atoms with van der Waals surface area (Å²) < 4.78 is 0. The molecule has 1 aliphatic heterocycles. The molecule has 2 unspecified atom stereocenters. The van der Waals surface area contributed by atoms with Crippen molar-refractivity contribution in [3.05, 3.63) is 35.0 Å². The molecule has 5 nitrogen and oxygen atoms in total. The number of rotatable bonds is 3. The summed E-state index contributed by atoms with van der Waals surface area (Å²) in [5, 5.41) is 12.3. The molecule has 122 valence electrons. The van der Waals surface area contributed by atoms with E-state index in [1.54, 1.807) is 24.4 Å². The monoisotopic (exact) mass is 332 g/mol. The summed E-state index contributed by atoms with van der Waals surface area (Å²) in [6.07, 6.45) is 2.81. The Balaban J connectivity index is 2.12. The van der Waals surface area contributed by atoms with Gasteiger partial charge in [0, 0.05) is 25.0 Å². The second kappa shape index (κ2) is 7.38. The van der Waals surface area contributed by atoms with E-state index in [9.17, 15) is 10.1 Å². The number of nitrogens with zero attached hydrogens (tertiary/aromatic N) is 2. The quantitative estimate of drug-likeness (QED) is 0.505. The zero-order chi connectivity index (χ0) is 17.0. The van der Waals surface area contributed by atoms with E-state index < -0.39 is 5.91 Å². The molecule has 1 fully saturated rings. The molecule has 0 bridgehead atoms. The molecule has 1 aliphatic rings. The third-order valence-corrected chi connectivity index (χ3v) is 4.13. The predicted octanol–water partition coefficient (Wildman–Crippen LogP) is 3.25. The van der Waals surface area contributed by atoms with Crippen LogP contribution >= 0.6 is 11.6 Å². The molecule has 0 aliphatic carbocycles. The molecule has 0 spiro atoms. The molecule has 2 rings (SSSR count). The maximum atomic E-state index is 12.3. The number of carbonyl (C=O) groups excluding carboxylic acids is 1. The van der Waals surface area contributed by atoms with Crippen molar-refractivity contribution in [2.75, 3.05) is 24.1 Å². The Morgan fingerprint density at radius 1 is 1.43 bits per heavy atom. The molecule has 0 aromatic heterocycles. The number of halogens is 1. The van der Waals surface area contributed by atoms with Gasteiger partial charge in [-0.2, -0.15) is 5.26 Å². The van der Waals surface area contributed by atoms with Crippen LogP contribution in [0, 0.1) is 23.2 Å². The van der Waals surface area contributed by atoms with Crippen LogP contribution in [-0.4, -0.2) is 23.9 Å². The molecule has 0 saturated carbocycles. The van der Waals surface area contributed by atoms with Gasteiger partial charge in [-0.05, 0) is 36.5 Å². The first-order valence-electron chi connectivity index (χ1n) is 7.61. The maximum Gasteiger partial charge on any atom is 0.267 e. The second-order valence-corrected chi connectivity index (χ2v) is 6.66. The fourth-order valence-electron chi connectivity index (χ4n) is 2.96. The van der Waals surface area contributed by atoms with Crippen LogP contribution < -0.4 is 11.1 Å². The third kappa shape index (κ3) is 4.64. The van der Waals surface area contributed by atoms with Gasteiger partial charge in [-0.25, -0.2) is 0 Å². The highest BCUT2D eigenvalue weighted by Gasteiger charge is 2.21. The molecule has 1 amide bonds. The van der Waals surface area contributed by atoms with Crippen molar-refractivity contribution < 1.29 is 4.79 Å². The SMILES string of the molecule is CC1CC(C)CN(/C=C(/C#N)C(=O)Nc2ccc(N)cc2Cl)C1. The van der Waals surface area contributed by atoms with Crippen molar-refractivity contribution in [1.29, 1.82) is 5.26 Å². The lowest BCUT2D eigenvalue weighted by molar-refractivity contribution is -0.112. The number of anilines is 2. The molecule has 1 saturated heterocycles. The van der Waals surface area contributed by atoms with Gasteiger partial charge in [-0.3, -0.25) is 4.79 Å². The first-order chi connectivity index (χ1) is 10.9. The number of nitrogen functional groups attached to an aromatic ring is 1. The van der Waals surface area contributed by atoms with E-state index in [1.165, 1.54) is 6.42 Å². The van der Waals surface area contributed by atoms with Crippen molar-refractivity contribution >= 4 is 28.9 Å². The first-order valence-corrected chi connectivity index (χ1v) is 7.99. The normalized spacial score (nSPS) is 21.7. The van der Waals surface area contributed by atoms with Crippen LogP contribution in [0.4, 0.5) is 11.4 Å². The number of nitriles is 1. The number of nitrogens with one attached hydrogen (secondary N) is 1. The number of nitrogens with two attached hydrogens (primary N) is 1. The molecule has 1 heterocycles. The number of piperidine rings is 1. The van der Waals surface area contributed by atoms with E-state index in [4.69, 9.17) is 17.3 Å². The molecule has 6 heteroatoms. The summed E-state index contributed by atoms with van der Waals surface area (Å²) in [4.78, 5) is 14.3. The van der Waals surface area contributed by atoms with Gasteiger partial charge in [-0.1, -0.05) is 25.4 Å². The standard InChI is InChI=1S/C17H21ClN4O/c1-11-5-12(2)9-22(8-11)10-13(7-19)17(23)21-16-4-3-14(20)6-15(16)18/h3-4,6,10-12H,5,8-9,20H2,1-2H3,(H,21,23)/b13-10-. The number of benzene rings is 1. The van der Waals surface area contributed by atoms with Crippen molar-refractivity contribution in [3.63, 3.8) is 0 Å². The van der Waals surface area contributed by atoms with Crippen molar-refractivity contribution in [1.82, 2.24) is 4.90 Å². The van der Waals surface area contributed by atoms with Gasteiger partial charge >= 0.3 is 0 Å². The van der Waals surface area contributed by atoms with Crippen molar-refractivity contribution in [3.8, 4) is 6.07 Å². The van der Waals surface area contributed by atoms with Crippen molar-refractivity contribution in [2.24, 2.45) is 11.8 Å². The van der Waals surface area contributed by atoms with Gasteiger partial charge in [0.25, 0.3) is 5.91 Å². The summed E-state index contributed by atoms with van der Waals surface area (Å²) in [7, 11) is 0. The summed E-state index contributed by atoms with van der Waals surface area (Å²) in [6, 6.07) is 6.79. The van der Waals surface area contributed by atoms with Crippen LogP contribution in [0.2, 0.25) is 5.02 Å². The number of amides is 1. The zero-order valence-electron chi connectivity index (χ0n) is 13.3. The third-order valence-electron chi connectivity index (χ3n) is 3.82. The molecular formula is C17H21ClN4O. The fourth-order valence-corrected chi connectivity index (χ4v) is 3.20. The van der Waals surface area contributed by atoms with Crippen LogP contribution in [-0.2, 0) is 4.79 Å². The lowest BCUT2D eigenvalue weighted by Gasteiger charge is -2.34. The van der Waals surface area contributed by atoms with Crippen LogP contribution in [0.25, 0.3) is 0 Å². The zero-order valence-corrected chi connectivity index (χ0v) is 14.1. The van der Waals surface area contributed by atoms with Crippen LogP contribution in [0.5, 0.6) is 0 Å². The highest BCUT2D eigenvalue weighted by atomic mass is 35.5. The molecule has 2 atom stereocenters. The topological polar surface area (TPSA) is 82.2 Å². The van der Waals surface area contributed by atoms with Gasteiger partial charge in [0.05, 0.1) is 10.7 Å². The molecule has 3 N–H and O–H groups in total. The first kappa shape index (κ1) is 17.2. The number of hydrogen-bond donors (Lipinski definition) is 2. The number of likely N-dealkylation sites (tertiary alicyclic amines) is 1. The highest BCUT2D eigenvalue weighted by molar-refractivity contribution is 6.34. The largest absolute Gasteiger partial charge is 0.399 e. The Bertz CT molecular complexity index is 655. The van der Waals surface area contributed by atoms with E-state index in [0.29, 0.717) is 28.2 Å². The van der Waals surface area contributed by atoms with Gasteiger partial charge in [0.2, 0.25) is 0 Å². The minimum atomic E-state index is -0.468. The second-order valence-electron chi connectivity index (χ2n) is 6.25. The van der Waals surface area contributed by atoms with Gasteiger partial charge in [0.15, 0.2) is 0 Å². The average Bonchev–Trinajstić information content (AvgIpc) is 2.46. The Labute approximate surface area is 141 Å². The van der Waals surface area contributed by atoms with E-state index >= 15 is 0 Å². The minimum absolute atomic E-state index is 0.0687. The fraction of sp³-hybridized carbons (Fsp3) is 0.412. The van der Waals surface area contributed by atoms with E-state index in [1.807, 2.05) is 11.0 Å². The van der Waals surface area contributed by atoms with Crippen LogP contribution in [0.15, 0.2) is 30.0 Å². The average molecular weight is 333 g/mol. The molecule has 1 aromatic carbocycles. The van der Waals surface area contributed by atoms with Gasteiger partial charge in [-0.15, -0.1) is 0 Å². The Morgan fingerprint density at radius 3 is 2.65 bits per heavy atom. The Hall–Kier alpha value is -2.19. The van der Waals surface area contributed by atoms with E-state index in [0.717, 1.165) is 13.1 Å². The van der Waals surface area contributed by atoms with E-state index in [-0.39, 0.29) is 5.57 Å². The molecule has 0 radical (unpaired) electrons. The molecular weight excluding hydrogens is 312 g/mol. The Morgan fingerprint density at radius 2 is 2.09 bits per heavy atom. The van der Waals surface area contributed by atoms with Crippen LogP contribution in [0.3, 0.4) is 0 Å². The minimum Gasteiger partial charge on any atom is -0.399 e. The number of hydrogen-bond acceptors (Lipinski definition) is 4. The smallest absolute Gasteiger partial charge is 0.267 e. The lowest BCUT2D eigenvalue weighted by atomic mass is 9.92. The number of carbonyl (C=O) groups is 1. The summed E-state index contributed by atoms with van der Waals surface area (Å²) in [5.74, 6) is 0.624. The summed E-state index contributed by atoms with van der Waals surface area (Å²) in [6.45, 7) is 6.06. The Kier molecular flexibility index (Phi) is 5.51. The maximum absolute atomic E-state index is 12.3.